The molecule has 1 aromatic carbocycles. The normalized spacial score (nSPS) is 11.3. The third-order valence-corrected chi connectivity index (χ3v) is 7.27. The van der Waals surface area contributed by atoms with Gasteiger partial charge in [0.05, 0.1) is 0 Å². The van der Waals surface area contributed by atoms with Crippen LogP contribution in [0.25, 0.3) is 0 Å². The number of piperidine rings is 1. The summed E-state index contributed by atoms with van der Waals surface area (Å²) in [6, 6.07) is 15.0. The number of likely N-dealkylation sites (tertiary alicyclic amines) is 1. The van der Waals surface area contributed by atoms with Gasteiger partial charge in [0.15, 0.2) is 5.78 Å². The molecule has 1 aliphatic heterocycles. The van der Waals surface area contributed by atoms with Gasteiger partial charge in [0, 0.05) is 35.4 Å². The SMILES string of the molecule is CC.CC.CC.CC(=O)c1c(C)cc(C)nc1C.CC=O.CCC.CCCC(C)N1CCC(C)CC1.CN.Cc1ccccc1.Cc1ccncc1C. The maximum atomic E-state index is 11.2. The summed E-state index contributed by atoms with van der Waals surface area (Å²) in [6.45, 7) is 40.9. The summed E-state index contributed by atoms with van der Waals surface area (Å²) in [5, 5.41) is 0. The second kappa shape index (κ2) is 46.8. The lowest BCUT2D eigenvalue weighted by atomic mass is 9.97. The standard InChI is InChI=1S/C11H23N.C10H13NO.C7H9N.C7H8.C3H8.C2H4O.3C2H6.CH5N/c1-4-5-11(3)12-8-6-10(2)7-9-12;1-6-5-7(2)11-8(3)10(6)9(4)12;1-6-3-4-8-5-7(6)2;1-7-5-3-2-4-6-7;1-3-2;1-2-3;4*1-2/h10-11H,4-9H2,1-3H3;5H,1-4H3;3-5H,1-2H3;2-6H,1H3;3H2,1-2H3;2H,1H3;3*1-2H3;2H2,1H3. The number of carbonyl (C=O) groups excluding carboxylic acids is 2. The summed E-state index contributed by atoms with van der Waals surface area (Å²) in [4.78, 5) is 30.8. The fourth-order valence-electron chi connectivity index (χ4n) is 4.70. The highest BCUT2D eigenvalue weighted by atomic mass is 16.1. The zero-order chi connectivity index (χ0) is 42.8. The van der Waals surface area contributed by atoms with Crippen molar-refractivity contribution in [1.29, 1.82) is 0 Å². The predicted molar refractivity (Wildman–Crippen MR) is 240 cm³/mol. The number of Topliss-reactive ketones (excluding diaryl/α,β-unsaturated/α-hetero) is 1. The molecule has 2 aromatic heterocycles. The molecule has 308 valence electrons. The summed E-state index contributed by atoms with van der Waals surface area (Å²) in [5.74, 6) is 1.06. The number of hydrogen-bond donors (Lipinski definition) is 1. The van der Waals surface area contributed by atoms with Crippen LogP contribution in [0.4, 0.5) is 0 Å². The quantitative estimate of drug-likeness (QED) is 0.212. The second-order valence-electron chi connectivity index (χ2n) is 12.0. The molecule has 3 aromatic rings. The van der Waals surface area contributed by atoms with E-state index in [1.54, 1.807) is 6.92 Å². The summed E-state index contributed by atoms with van der Waals surface area (Å²) in [7, 11) is 1.50. The van der Waals surface area contributed by atoms with Crippen LogP contribution >= 0.6 is 0 Å². The van der Waals surface area contributed by atoms with E-state index in [9.17, 15) is 4.79 Å². The fraction of sp³-hybridized carbons (Fsp3) is 0.617. The third-order valence-electron chi connectivity index (χ3n) is 7.27. The molecule has 0 radical (unpaired) electrons. The van der Waals surface area contributed by atoms with Crippen LogP contribution in [0.5, 0.6) is 0 Å². The van der Waals surface area contributed by atoms with Crippen LogP contribution in [0.1, 0.15) is 166 Å². The van der Waals surface area contributed by atoms with E-state index in [1.165, 1.54) is 75.9 Å². The molecule has 1 atom stereocenters. The molecule has 3 heterocycles. The minimum absolute atomic E-state index is 0.0949. The molecule has 0 bridgehead atoms. The number of aromatic nitrogens is 2. The zero-order valence-electron chi connectivity index (χ0n) is 38.6. The van der Waals surface area contributed by atoms with Gasteiger partial charge in [-0.05, 0) is 136 Å². The van der Waals surface area contributed by atoms with Crippen LogP contribution in [0.15, 0.2) is 54.9 Å². The van der Waals surface area contributed by atoms with Gasteiger partial charge < -0.3 is 15.4 Å². The topological polar surface area (TPSA) is 89.2 Å². The number of rotatable bonds is 4. The van der Waals surface area contributed by atoms with E-state index in [2.05, 4.69) is 88.1 Å². The average molecular weight is 741 g/mol. The highest BCUT2D eigenvalue weighted by Crippen LogP contribution is 2.19. The maximum absolute atomic E-state index is 11.2. The Balaban J connectivity index is -0.000000126. The lowest BCUT2D eigenvalue weighted by Crippen LogP contribution is -2.39. The number of aryl methyl sites for hydroxylation is 6. The molecule has 1 aliphatic rings. The van der Waals surface area contributed by atoms with Crippen LogP contribution in [0.2, 0.25) is 0 Å². The summed E-state index contributed by atoms with van der Waals surface area (Å²) < 4.78 is 0. The second-order valence-corrected chi connectivity index (χ2v) is 12.0. The van der Waals surface area contributed by atoms with Gasteiger partial charge in [-0.15, -0.1) is 0 Å². The minimum atomic E-state index is 0.0949. The number of pyridine rings is 2. The van der Waals surface area contributed by atoms with E-state index in [0.29, 0.717) is 0 Å². The molecule has 0 saturated carbocycles. The largest absolute Gasteiger partial charge is 0.333 e. The van der Waals surface area contributed by atoms with Crippen molar-refractivity contribution in [3.63, 3.8) is 0 Å². The van der Waals surface area contributed by atoms with Gasteiger partial charge in [-0.3, -0.25) is 14.8 Å². The minimum Gasteiger partial charge on any atom is -0.333 e. The van der Waals surface area contributed by atoms with Crippen molar-refractivity contribution in [2.24, 2.45) is 11.7 Å². The molecule has 1 fully saturated rings. The van der Waals surface area contributed by atoms with Crippen molar-refractivity contribution in [2.75, 3.05) is 20.1 Å². The molecular weight excluding hydrogens is 653 g/mol. The van der Waals surface area contributed by atoms with Crippen LogP contribution in [0.3, 0.4) is 0 Å². The Hall–Kier alpha value is -3.22. The predicted octanol–water partition coefficient (Wildman–Crippen LogP) is 13.1. The monoisotopic (exact) mass is 741 g/mol. The first-order valence-corrected chi connectivity index (χ1v) is 20.3. The fourth-order valence-corrected chi connectivity index (χ4v) is 4.70. The number of nitrogens with zero attached hydrogens (tertiary/aromatic N) is 3. The number of carbonyl (C=O) groups is 2. The van der Waals surface area contributed by atoms with E-state index in [0.717, 1.165) is 40.8 Å². The van der Waals surface area contributed by atoms with E-state index in [4.69, 9.17) is 4.79 Å². The van der Waals surface area contributed by atoms with Crippen molar-refractivity contribution in [3.8, 4) is 0 Å². The number of aldehydes is 1. The lowest BCUT2D eigenvalue weighted by Gasteiger charge is -2.34. The van der Waals surface area contributed by atoms with Gasteiger partial charge in [-0.25, -0.2) is 0 Å². The Labute approximate surface area is 331 Å². The molecule has 2 N–H and O–H groups in total. The van der Waals surface area contributed by atoms with Crippen LogP contribution in [-0.4, -0.2) is 53.1 Å². The zero-order valence-corrected chi connectivity index (χ0v) is 38.6. The molecule has 1 saturated heterocycles. The van der Waals surface area contributed by atoms with Gasteiger partial charge in [0.1, 0.15) is 6.29 Å². The van der Waals surface area contributed by atoms with Gasteiger partial charge in [-0.1, -0.05) is 118 Å². The Morgan fingerprint density at radius 3 is 1.60 bits per heavy atom. The molecule has 6 nitrogen and oxygen atoms in total. The summed E-state index contributed by atoms with van der Waals surface area (Å²) in [6.07, 6.45) is 11.2. The third kappa shape index (κ3) is 38.3. The molecular formula is C47H88N4O2. The Morgan fingerprint density at radius 1 is 0.849 bits per heavy atom. The molecule has 4 rings (SSSR count). The van der Waals surface area contributed by atoms with E-state index in [-0.39, 0.29) is 5.78 Å². The molecule has 1 unspecified atom stereocenters. The lowest BCUT2D eigenvalue weighted by molar-refractivity contribution is -0.106. The molecule has 0 aliphatic carbocycles. The number of hydrogen-bond acceptors (Lipinski definition) is 6. The molecule has 0 amide bonds. The van der Waals surface area contributed by atoms with Crippen LogP contribution in [-0.2, 0) is 4.79 Å². The highest BCUT2D eigenvalue weighted by molar-refractivity contribution is 5.96. The van der Waals surface area contributed by atoms with Crippen molar-refractivity contribution in [1.82, 2.24) is 14.9 Å². The highest BCUT2D eigenvalue weighted by Gasteiger charge is 2.19. The Morgan fingerprint density at radius 2 is 1.30 bits per heavy atom. The summed E-state index contributed by atoms with van der Waals surface area (Å²) in [5.41, 5.74) is 12.0. The smallest absolute Gasteiger partial charge is 0.161 e. The van der Waals surface area contributed by atoms with Gasteiger partial charge in [0.25, 0.3) is 0 Å². The summed E-state index contributed by atoms with van der Waals surface area (Å²) >= 11 is 0. The Kier molecular flexibility index (Phi) is 54.6. The van der Waals surface area contributed by atoms with Crippen molar-refractivity contribution in [3.05, 3.63) is 94.1 Å². The van der Waals surface area contributed by atoms with E-state index >= 15 is 0 Å². The van der Waals surface area contributed by atoms with Gasteiger partial charge >= 0.3 is 0 Å². The van der Waals surface area contributed by atoms with Crippen molar-refractivity contribution >= 4 is 12.1 Å². The van der Waals surface area contributed by atoms with Crippen molar-refractivity contribution < 1.29 is 9.59 Å². The van der Waals surface area contributed by atoms with E-state index in [1.807, 2.05) is 105 Å². The first-order valence-electron chi connectivity index (χ1n) is 20.3. The first kappa shape index (κ1) is 61.8. The van der Waals surface area contributed by atoms with Gasteiger partial charge in [-0.2, -0.15) is 0 Å². The molecule has 6 heteroatoms. The first-order chi connectivity index (χ1) is 25.3. The van der Waals surface area contributed by atoms with Gasteiger partial charge in [0.2, 0.25) is 0 Å². The molecule has 53 heavy (non-hydrogen) atoms. The van der Waals surface area contributed by atoms with Crippen LogP contribution < -0.4 is 5.73 Å². The number of benzene rings is 1. The van der Waals surface area contributed by atoms with E-state index < -0.39 is 0 Å². The maximum Gasteiger partial charge on any atom is 0.161 e. The average Bonchev–Trinajstić information content (AvgIpc) is 3.15. The number of ketones is 1. The Bertz CT molecular complexity index is 1130. The molecule has 0 spiro atoms. The van der Waals surface area contributed by atoms with Crippen LogP contribution in [0, 0.1) is 47.5 Å². The van der Waals surface area contributed by atoms with Crippen molar-refractivity contribution in [2.45, 2.75) is 170 Å². The number of nitrogens with two attached hydrogens (primary N) is 1.